The van der Waals surface area contributed by atoms with Crippen molar-refractivity contribution in [2.24, 2.45) is 5.73 Å². The van der Waals surface area contributed by atoms with Crippen LogP contribution >= 0.6 is 11.6 Å². The van der Waals surface area contributed by atoms with E-state index in [9.17, 15) is 9.59 Å². The van der Waals surface area contributed by atoms with Crippen molar-refractivity contribution in [1.29, 1.82) is 0 Å². The number of amides is 1. The first-order valence-corrected chi connectivity index (χ1v) is 3.60. The van der Waals surface area contributed by atoms with E-state index >= 15 is 0 Å². The Hall–Kier alpha value is -1.62. The third-order valence-electron chi connectivity index (χ3n) is 1.30. The molecule has 3 N–H and O–H groups in total. The zero-order chi connectivity index (χ0) is 10.0. The van der Waals surface area contributed by atoms with Gasteiger partial charge in [-0.2, -0.15) is 0 Å². The first-order valence-electron chi connectivity index (χ1n) is 3.22. The fraction of sp³-hybridized carbons (Fsp3) is 0. The lowest BCUT2D eigenvalue weighted by atomic mass is 10.3. The average Bonchev–Trinajstić information content (AvgIpc) is 2.04. The summed E-state index contributed by atoms with van der Waals surface area (Å²) in [7, 11) is 0. The molecular formula is C7H5ClN2O3. The number of rotatable bonds is 2. The molecule has 0 unspecified atom stereocenters. The Morgan fingerprint density at radius 2 is 2.08 bits per heavy atom. The maximum atomic E-state index is 10.7. The lowest BCUT2D eigenvalue weighted by molar-refractivity contribution is 0.0690. The van der Waals surface area contributed by atoms with Crippen molar-refractivity contribution in [1.82, 2.24) is 4.98 Å². The molecule has 5 nitrogen and oxygen atoms in total. The first-order chi connectivity index (χ1) is 6.02. The number of carbonyl (C=O) groups is 2. The molecule has 0 fully saturated rings. The Morgan fingerprint density at radius 1 is 1.46 bits per heavy atom. The summed E-state index contributed by atoms with van der Waals surface area (Å²) in [6.45, 7) is 0. The van der Waals surface area contributed by atoms with E-state index < -0.39 is 11.9 Å². The molecule has 0 atom stereocenters. The van der Waals surface area contributed by atoms with E-state index in [4.69, 9.17) is 22.4 Å². The number of nitrogens with two attached hydrogens (primary N) is 1. The number of aromatic carboxylic acids is 1. The lowest BCUT2D eigenvalue weighted by Crippen LogP contribution is -2.15. The highest BCUT2D eigenvalue weighted by Gasteiger charge is 2.12. The molecule has 0 saturated heterocycles. The van der Waals surface area contributed by atoms with Gasteiger partial charge in [0.2, 0.25) is 0 Å². The molecule has 0 aliphatic rings. The number of nitrogens with zero attached hydrogens (tertiary/aromatic N) is 1. The van der Waals surface area contributed by atoms with Gasteiger partial charge in [0.15, 0.2) is 0 Å². The molecule has 0 saturated carbocycles. The van der Waals surface area contributed by atoms with Crippen LogP contribution in [0.5, 0.6) is 0 Å². The average molecular weight is 201 g/mol. The summed E-state index contributed by atoms with van der Waals surface area (Å²) >= 11 is 5.54. The van der Waals surface area contributed by atoms with Crippen molar-refractivity contribution in [3.05, 3.63) is 28.5 Å². The zero-order valence-corrected chi connectivity index (χ0v) is 7.08. The Bertz CT molecular complexity index is 378. The second-order valence-corrected chi connectivity index (χ2v) is 2.60. The number of carboxylic acids is 1. The number of carboxylic acid groups (broad SMARTS) is 1. The van der Waals surface area contributed by atoms with Crippen molar-refractivity contribution in [2.45, 2.75) is 0 Å². The van der Waals surface area contributed by atoms with Gasteiger partial charge in [0.25, 0.3) is 5.91 Å². The molecule has 0 aliphatic carbocycles. The molecule has 1 heterocycles. The van der Waals surface area contributed by atoms with Crippen molar-refractivity contribution in [2.75, 3.05) is 0 Å². The Labute approximate surface area is 78.1 Å². The van der Waals surface area contributed by atoms with E-state index in [1.807, 2.05) is 0 Å². The molecule has 1 rings (SSSR count). The zero-order valence-electron chi connectivity index (χ0n) is 6.32. The molecule has 0 bridgehead atoms. The largest absolute Gasteiger partial charge is 0.477 e. The fourth-order valence-corrected chi connectivity index (χ4v) is 0.932. The highest BCUT2D eigenvalue weighted by Crippen LogP contribution is 2.13. The number of carbonyl (C=O) groups excluding carboxylic acids is 1. The quantitative estimate of drug-likeness (QED) is 0.728. The van der Waals surface area contributed by atoms with Gasteiger partial charge in [-0.15, -0.1) is 0 Å². The number of primary amides is 1. The molecule has 0 aliphatic heterocycles. The fourth-order valence-electron chi connectivity index (χ4n) is 0.734. The Morgan fingerprint density at radius 3 is 2.54 bits per heavy atom. The summed E-state index contributed by atoms with van der Waals surface area (Å²) in [5.41, 5.74) is 4.40. The minimum atomic E-state index is -1.24. The minimum absolute atomic E-state index is 0.0394. The second kappa shape index (κ2) is 3.40. The summed E-state index contributed by atoms with van der Waals surface area (Å²) < 4.78 is 0. The van der Waals surface area contributed by atoms with Crippen LogP contribution in [-0.4, -0.2) is 22.0 Å². The van der Waals surface area contributed by atoms with Crippen LogP contribution in [0.3, 0.4) is 0 Å². The topological polar surface area (TPSA) is 93.3 Å². The van der Waals surface area contributed by atoms with Gasteiger partial charge in [-0.25, -0.2) is 9.78 Å². The molecular weight excluding hydrogens is 196 g/mol. The number of aromatic nitrogens is 1. The van der Waals surface area contributed by atoms with Gasteiger partial charge >= 0.3 is 5.97 Å². The van der Waals surface area contributed by atoms with Gasteiger partial charge in [0.1, 0.15) is 11.4 Å². The number of pyridine rings is 1. The van der Waals surface area contributed by atoms with E-state index in [0.29, 0.717) is 0 Å². The molecule has 1 amide bonds. The van der Waals surface area contributed by atoms with Gasteiger partial charge in [0.05, 0.1) is 5.02 Å². The third kappa shape index (κ3) is 1.94. The van der Waals surface area contributed by atoms with Crippen LogP contribution in [0.1, 0.15) is 21.0 Å². The molecule has 6 heteroatoms. The van der Waals surface area contributed by atoms with Crippen LogP contribution < -0.4 is 5.73 Å². The number of hydrogen-bond donors (Lipinski definition) is 2. The van der Waals surface area contributed by atoms with Crippen LogP contribution in [0.25, 0.3) is 0 Å². The van der Waals surface area contributed by atoms with Gasteiger partial charge in [-0.05, 0) is 12.1 Å². The summed E-state index contributed by atoms with van der Waals surface area (Å²) in [5, 5.41) is 8.56. The van der Waals surface area contributed by atoms with Crippen molar-refractivity contribution in [3.63, 3.8) is 0 Å². The summed E-state index contributed by atoms with van der Waals surface area (Å²) in [6, 6.07) is 2.45. The maximum absolute atomic E-state index is 10.7. The van der Waals surface area contributed by atoms with E-state index in [0.717, 1.165) is 0 Å². The van der Waals surface area contributed by atoms with Gasteiger partial charge in [-0.3, -0.25) is 4.79 Å². The molecule has 13 heavy (non-hydrogen) atoms. The maximum Gasteiger partial charge on any atom is 0.354 e. The smallest absolute Gasteiger partial charge is 0.354 e. The van der Waals surface area contributed by atoms with E-state index in [1.165, 1.54) is 12.1 Å². The van der Waals surface area contributed by atoms with E-state index in [2.05, 4.69) is 4.98 Å². The second-order valence-electron chi connectivity index (χ2n) is 2.20. The third-order valence-corrected chi connectivity index (χ3v) is 1.60. The van der Waals surface area contributed by atoms with Crippen LogP contribution in [0.15, 0.2) is 12.1 Å². The SMILES string of the molecule is NC(=O)c1nc(C(=O)O)ccc1Cl. The predicted molar refractivity (Wildman–Crippen MR) is 44.7 cm³/mol. The summed E-state index contributed by atoms with van der Waals surface area (Å²) in [4.78, 5) is 24.6. The number of hydrogen-bond acceptors (Lipinski definition) is 3. The van der Waals surface area contributed by atoms with Crippen molar-refractivity contribution in [3.8, 4) is 0 Å². The van der Waals surface area contributed by atoms with Crippen LogP contribution in [-0.2, 0) is 0 Å². The standard InChI is InChI=1S/C7H5ClN2O3/c8-3-1-2-4(7(12)13)10-5(3)6(9)11/h1-2H,(H2,9,11)(H,12,13). The summed E-state index contributed by atoms with van der Waals surface area (Å²) in [5.74, 6) is -2.09. The number of halogens is 1. The molecule has 0 spiro atoms. The van der Waals surface area contributed by atoms with Crippen LogP contribution in [0, 0.1) is 0 Å². The van der Waals surface area contributed by atoms with Gasteiger partial charge in [-0.1, -0.05) is 11.6 Å². The summed E-state index contributed by atoms with van der Waals surface area (Å²) in [6.07, 6.45) is 0. The van der Waals surface area contributed by atoms with E-state index in [-0.39, 0.29) is 16.4 Å². The highest BCUT2D eigenvalue weighted by molar-refractivity contribution is 6.33. The molecule has 0 radical (unpaired) electrons. The van der Waals surface area contributed by atoms with Crippen LogP contribution in [0.2, 0.25) is 5.02 Å². The van der Waals surface area contributed by atoms with Gasteiger partial charge < -0.3 is 10.8 Å². The normalized spacial score (nSPS) is 9.62. The molecule has 0 aromatic carbocycles. The molecule has 68 valence electrons. The molecule has 1 aromatic rings. The molecule has 1 aromatic heterocycles. The predicted octanol–water partition coefficient (Wildman–Crippen LogP) is 0.532. The lowest BCUT2D eigenvalue weighted by Gasteiger charge is -1.99. The monoisotopic (exact) mass is 200 g/mol. The minimum Gasteiger partial charge on any atom is -0.477 e. The van der Waals surface area contributed by atoms with Crippen molar-refractivity contribution < 1.29 is 14.7 Å². The Kier molecular flexibility index (Phi) is 2.48. The van der Waals surface area contributed by atoms with E-state index in [1.54, 1.807) is 0 Å². The van der Waals surface area contributed by atoms with Gasteiger partial charge in [0, 0.05) is 0 Å². The Balaban J connectivity index is 3.27. The van der Waals surface area contributed by atoms with Crippen molar-refractivity contribution >= 4 is 23.5 Å². The van der Waals surface area contributed by atoms with Crippen LogP contribution in [0.4, 0.5) is 0 Å². The highest BCUT2D eigenvalue weighted by atomic mass is 35.5. The first kappa shape index (κ1) is 9.47.